The van der Waals surface area contributed by atoms with Crippen LogP contribution in [0, 0.1) is 20.8 Å². The van der Waals surface area contributed by atoms with Crippen LogP contribution in [-0.2, 0) is 11.2 Å². The van der Waals surface area contributed by atoms with Crippen molar-refractivity contribution in [3.8, 4) is 17.2 Å². The Morgan fingerprint density at radius 1 is 1.24 bits per heavy atom. The van der Waals surface area contributed by atoms with Crippen LogP contribution in [-0.4, -0.2) is 11.0 Å². The number of nitrogens with one attached hydrogen (secondary N) is 1. The first-order valence-electron chi connectivity index (χ1n) is 8.13. The first-order valence-corrected chi connectivity index (χ1v) is 9.21. The monoisotopic (exact) mass is 442 g/mol. The Hall–Kier alpha value is -2.33. The number of aliphatic hydroxyl groups is 1. The van der Waals surface area contributed by atoms with Gasteiger partial charge in [0.05, 0.1) is 0 Å². The van der Waals surface area contributed by atoms with E-state index in [4.69, 9.17) is 0 Å². The molecule has 0 spiro atoms. The second-order valence-corrected chi connectivity index (χ2v) is 7.66. The number of nitrogens with zero attached hydrogens (tertiary/aromatic N) is 1. The van der Waals surface area contributed by atoms with Crippen molar-refractivity contribution in [3.63, 3.8) is 0 Å². The maximum atomic E-state index is 12.5. The van der Waals surface area contributed by atoms with Crippen LogP contribution in [0.4, 0.5) is 5.69 Å². The molecule has 1 fully saturated rings. The zero-order valence-corrected chi connectivity index (χ0v) is 15.5. The maximum absolute atomic E-state index is 12.5. The van der Waals surface area contributed by atoms with Gasteiger partial charge in [0, 0.05) is 21.6 Å². The molecule has 0 bridgehead atoms. The van der Waals surface area contributed by atoms with E-state index in [1.807, 2.05) is 24.3 Å². The summed E-state index contributed by atoms with van der Waals surface area (Å²) in [6.45, 7) is 0. The predicted molar refractivity (Wildman–Crippen MR) is 104 cm³/mol. The molecular formula is C20H15IN2O2. The number of rotatable bonds is 3. The van der Waals surface area contributed by atoms with Crippen LogP contribution in [0.2, 0.25) is 0 Å². The fourth-order valence-corrected chi connectivity index (χ4v) is 3.83. The standard InChI is InChI=1S/C20H15IN2O2/c21-13-6-7-14-12(8-13)9-16-15(14)2-1-3-18(16)23-20(25)17(10-22)19(24)11-4-5-11/h1-3,6-8,11,24H,4-5,9H2,(H,23,25)/b19-17-. The van der Waals surface area contributed by atoms with E-state index in [0.29, 0.717) is 5.69 Å². The zero-order chi connectivity index (χ0) is 17.6. The van der Waals surface area contributed by atoms with Gasteiger partial charge < -0.3 is 10.4 Å². The van der Waals surface area contributed by atoms with E-state index in [1.165, 1.54) is 14.7 Å². The number of nitriles is 1. The first kappa shape index (κ1) is 16.2. The molecule has 0 saturated heterocycles. The Morgan fingerprint density at radius 3 is 2.76 bits per heavy atom. The van der Waals surface area contributed by atoms with Crippen LogP contribution >= 0.6 is 22.6 Å². The molecule has 124 valence electrons. The maximum Gasteiger partial charge on any atom is 0.269 e. The number of carbonyl (C=O) groups excluding carboxylic acids is 1. The molecule has 5 heteroatoms. The molecule has 2 aromatic carbocycles. The highest BCUT2D eigenvalue weighted by atomic mass is 127. The lowest BCUT2D eigenvalue weighted by Gasteiger charge is -2.10. The summed E-state index contributed by atoms with van der Waals surface area (Å²) < 4.78 is 1.18. The fraction of sp³-hybridized carbons (Fsp3) is 0.200. The molecule has 4 rings (SSSR count). The molecule has 0 unspecified atom stereocenters. The van der Waals surface area contributed by atoms with Crippen LogP contribution in [0.15, 0.2) is 47.7 Å². The molecule has 0 heterocycles. The van der Waals surface area contributed by atoms with Crippen LogP contribution < -0.4 is 5.32 Å². The fourth-order valence-electron chi connectivity index (χ4n) is 3.28. The van der Waals surface area contributed by atoms with Crippen molar-refractivity contribution < 1.29 is 9.90 Å². The van der Waals surface area contributed by atoms with E-state index >= 15 is 0 Å². The summed E-state index contributed by atoms with van der Waals surface area (Å²) in [5.41, 5.74) is 5.10. The van der Waals surface area contributed by atoms with Crippen LogP contribution in [0.5, 0.6) is 0 Å². The number of allylic oxidation sites excluding steroid dienone is 1. The van der Waals surface area contributed by atoms with Gasteiger partial charge in [-0.1, -0.05) is 18.2 Å². The van der Waals surface area contributed by atoms with Gasteiger partial charge in [-0.2, -0.15) is 5.26 Å². The van der Waals surface area contributed by atoms with Gasteiger partial charge in [0.1, 0.15) is 11.8 Å². The van der Waals surface area contributed by atoms with Crippen molar-refractivity contribution in [1.82, 2.24) is 0 Å². The van der Waals surface area contributed by atoms with Gasteiger partial charge in [-0.15, -0.1) is 0 Å². The highest BCUT2D eigenvalue weighted by Gasteiger charge is 2.31. The third-order valence-corrected chi connectivity index (χ3v) is 5.38. The number of benzene rings is 2. The smallest absolute Gasteiger partial charge is 0.269 e. The van der Waals surface area contributed by atoms with Gasteiger partial charge in [-0.3, -0.25) is 4.79 Å². The largest absolute Gasteiger partial charge is 0.510 e. The molecule has 2 N–H and O–H groups in total. The van der Waals surface area contributed by atoms with E-state index in [9.17, 15) is 15.2 Å². The van der Waals surface area contributed by atoms with Crippen molar-refractivity contribution in [1.29, 1.82) is 5.26 Å². The number of halogens is 1. The average Bonchev–Trinajstić information content (AvgIpc) is 3.37. The number of aliphatic hydroxyl groups excluding tert-OH is 1. The van der Waals surface area contributed by atoms with Crippen LogP contribution in [0.25, 0.3) is 11.1 Å². The molecule has 25 heavy (non-hydrogen) atoms. The normalized spacial score (nSPS) is 15.7. The Balaban J connectivity index is 1.67. The topological polar surface area (TPSA) is 73.1 Å². The van der Waals surface area contributed by atoms with Gasteiger partial charge in [-0.25, -0.2) is 0 Å². The lowest BCUT2D eigenvalue weighted by Crippen LogP contribution is -2.17. The van der Waals surface area contributed by atoms with Crippen molar-refractivity contribution in [2.24, 2.45) is 5.92 Å². The molecule has 4 nitrogen and oxygen atoms in total. The molecular weight excluding hydrogens is 427 g/mol. The molecule has 2 aliphatic rings. The lowest BCUT2D eigenvalue weighted by atomic mass is 10.0. The summed E-state index contributed by atoms with van der Waals surface area (Å²) in [4.78, 5) is 12.5. The van der Waals surface area contributed by atoms with E-state index in [2.05, 4.69) is 46.1 Å². The first-order chi connectivity index (χ1) is 12.1. The SMILES string of the molecule is N#C/C(C(=O)Nc1cccc2c1Cc1cc(I)ccc1-2)=C(/O)C1CC1. The van der Waals surface area contributed by atoms with Gasteiger partial charge >= 0.3 is 0 Å². The number of anilines is 1. The summed E-state index contributed by atoms with van der Waals surface area (Å²) in [6.07, 6.45) is 2.41. The van der Waals surface area contributed by atoms with Gasteiger partial charge in [-0.05, 0) is 75.9 Å². The summed E-state index contributed by atoms with van der Waals surface area (Å²) in [7, 11) is 0. The lowest BCUT2D eigenvalue weighted by molar-refractivity contribution is -0.112. The van der Waals surface area contributed by atoms with Gasteiger partial charge in [0.2, 0.25) is 0 Å². The van der Waals surface area contributed by atoms with Gasteiger partial charge in [0.15, 0.2) is 5.57 Å². The Morgan fingerprint density at radius 2 is 2.04 bits per heavy atom. The molecule has 2 aromatic rings. The summed E-state index contributed by atoms with van der Waals surface area (Å²) in [5.74, 6) is -0.649. The minimum absolute atomic E-state index is 0.0341. The highest BCUT2D eigenvalue weighted by molar-refractivity contribution is 14.1. The quantitative estimate of drug-likeness (QED) is 0.271. The molecule has 2 aliphatic carbocycles. The van der Waals surface area contributed by atoms with E-state index in [1.54, 1.807) is 0 Å². The number of hydrogen-bond acceptors (Lipinski definition) is 3. The van der Waals surface area contributed by atoms with E-state index in [0.717, 1.165) is 30.4 Å². The van der Waals surface area contributed by atoms with E-state index < -0.39 is 5.91 Å². The summed E-state index contributed by atoms with van der Waals surface area (Å²) in [5, 5.41) is 22.1. The zero-order valence-electron chi connectivity index (χ0n) is 13.3. The third-order valence-electron chi connectivity index (χ3n) is 4.71. The van der Waals surface area contributed by atoms with E-state index in [-0.39, 0.29) is 17.3 Å². The molecule has 1 saturated carbocycles. The second kappa shape index (κ2) is 6.19. The van der Waals surface area contributed by atoms with Crippen molar-refractivity contribution in [2.75, 3.05) is 5.32 Å². The minimum atomic E-state index is -0.536. The minimum Gasteiger partial charge on any atom is -0.510 e. The molecule has 0 radical (unpaired) electrons. The van der Waals surface area contributed by atoms with Crippen LogP contribution in [0.1, 0.15) is 24.0 Å². The molecule has 1 amide bonds. The summed E-state index contributed by atoms with van der Waals surface area (Å²) in [6, 6.07) is 14.0. The summed E-state index contributed by atoms with van der Waals surface area (Å²) >= 11 is 2.29. The number of carbonyl (C=O) groups is 1. The molecule has 0 aromatic heterocycles. The van der Waals surface area contributed by atoms with Gasteiger partial charge in [0.25, 0.3) is 5.91 Å². The van der Waals surface area contributed by atoms with Crippen molar-refractivity contribution in [2.45, 2.75) is 19.3 Å². The number of fused-ring (bicyclic) bond motifs is 3. The molecule has 0 atom stereocenters. The Kier molecular flexibility index (Phi) is 4.00. The predicted octanol–water partition coefficient (Wildman–Crippen LogP) is 4.55. The Labute approximate surface area is 159 Å². The Bertz CT molecular complexity index is 968. The van der Waals surface area contributed by atoms with Crippen LogP contribution in [0.3, 0.4) is 0 Å². The average molecular weight is 442 g/mol. The van der Waals surface area contributed by atoms with Crippen molar-refractivity contribution >= 4 is 34.2 Å². The highest BCUT2D eigenvalue weighted by Crippen LogP contribution is 2.41. The number of hydrogen-bond donors (Lipinski definition) is 2. The molecule has 0 aliphatic heterocycles. The van der Waals surface area contributed by atoms with Crippen molar-refractivity contribution in [3.05, 3.63) is 62.4 Å². The third kappa shape index (κ3) is 2.91. The second-order valence-electron chi connectivity index (χ2n) is 6.41. The number of amides is 1.